The van der Waals surface area contributed by atoms with Gasteiger partial charge in [-0.3, -0.25) is 0 Å². The van der Waals surface area contributed by atoms with Crippen LogP contribution in [0.4, 0.5) is 5.13 Å². The Bertz CT molecular complexity index is 522. The molecule has 5 heteroatoms. The number of rotatable bonds is 4. The second kappa shape index (κ2) is 4.63. The lowest BCUT2D eigenvalue weighted by atomic mass is 10.2. The van der Waals surface area contributed by atoms with Gasteiger partial charge in [0.15, 0.2) is 0 Å². The molecule has 3 nitrogen and oxygen atoms in total. The molecule has 1 fully saturated rings. The van der Waals surface area contributed by atoms with Gasteiger partial charge in [-0.15, -0.1) is 0 Å². The topological polar surface area (TPSA) is 37.8 Å². The van der Waals surface area contributed by atoms with Crippen LogP contribution in [0.3, 0.4) is 0 Å². The van der Waals surface area contributed by atoms with Gasteiger partial charge in [0.2, 0.25) is 5.13 Å². The van der Waals surface area contributed by atoms with Crippen LogP contribution in [-0.2, 0) is 6.54 Å². The first-order valence-corrected chi connectivity index (χ1v) is 6.79. The molecule has 17 heavy (non-hydrogen) atoms. The first kappa shape index (κ1) is 11.0. The summed E-state index contributed by atoms with van der Waals surface area (Å²) in [6.07, 6.45) is 2.47. The van der Waals surface area contributed by atoms with E-state index in [-0.39, 0.29) is 0 Å². The highest BCUT2D eigenvalue weighted by Gasteiger charge is 2.27. The Kier molecular flexibility index (Phi) is 2.99. The summed E-state index contributed by atoms with van der Waals surface area (Å²) in [5, 5.41) is 4.93. The fourth-order valence-corrected chi connectivity index (χ4v) is 2.47. The minimum absolute atomic E-state index is 0.613. The van der Waals surface area contributed by atoms with E-state index in [2.05, 4.69) is 14.7 Å². The average Bonchev–Trinajstić information content (AvgIpc) is 3.08. The first-order valence-electron chi connectivity index (χ1n) is 5.64. The first-order chi connectivity index (χ1) is 8.33. The molecule has 1 aromatic carbocycles. The summed E-state index contributed by atoms with van der Waals surface area (Å²) < 4.78 is 4.35. The largest absolute Gasteiger partial charge is 0.356 e. The van der Waals surface area contributed by atoms with Crippen LogP contribution in [-0.4, -0.2) is 9.36 Å². The zero-order valence-corrected chi connectivity index (χ0v) is 10.8. The van der Waals surface area contributed by atoms with Crippen molar-refractivity contribution in [3.63, 3.8) is 0 Å². The SMILES string of the molecule is Clc1ccccc1CNc1nc(C2CC2)ns1. The molecule has 0 bridgehead atoms. The predicted octanol–water partition coefficient (Wildman–Crippen LogP) is 3.68. The summed E-state index contributed by atoms with van der Waals surface area (Å²) in [6.45, 7) is 0.693. The van der Waals surface area contributed by atoms with Gasteiger partial charge < -0.3 is 5.32 Å². The van der Waals surface area contributed by atoms with Crippen LogP contribution in [0.1, 0.15) is 30.1 Å². The Morgan fingerprint density at radius 2 is 2.18 bits per heavy atom. The number of nitrogens with one attached hydrogen (secondary N) is 1. The van der Waals surface area contributed by atoms with Crippen molar-refractivity contribution in [1.82, 2.24) is 9.36 Å². The number of halogens is 1. The van der Waals surface area contributed by atoms with E-state index in [0.29, 0.717) is 12.5 Å². The van der Waals surface area contributed by atoms with Crippen LogP contribution in [0.15, 0.2) is 24.3 Å². The van der Waals surface area contributed by atoms with Crippen molar-refractivity contribution >= 4 is 28.3 Å². The summed E-state index contributed by atoms with van der Waals surface area (Å²) >= 11 is 7.51. The van der Waals surface area contributed by atoms with Crippen LogP contribution < -0.4 is 5.32 Å². The molecule has 0 aliphatic heterocycles. The fourth-order valence-electron chi connectivity index (χ4n) is 1.63. The van der Waals surface area contributed by atoms with Crippen molar-refractivity contribution in [2.75, 3.05) is 5.32 Å². The highest BCUT2D eigenvalue weighted by Crippen LogP contribution is 2.39. The van der Waals surface area contributed by atoms with E-state index in [1.807, 2.05) is 24.3 Å². The summed E-state index contributed by atoms with van der Waals surface area (Å²) in [5.41, 5.74) is 1.08. The van der Waals surface area contributed by atoms with Gasteiger partial charge in [-0.1, -0.05) is 29.8 Å². The van der Waals surface area contributed by atoms with E-state index >= 15 is 0 Å². The molecule has 1 aliphatic carbocycles. The standard InChI is InChI=1S/C12H12ClN3S/c13-10-4-2-1-3-9(10)7-14-12-15-11(16-17-12)8-5-6-8/h1-4,8H,5-7H2,(H,14,15,16). The minimum Gasteiger partial charge on any atom is -0.356 e. The van der Waals surface area contributed by atoms with E-state index in [0.717, 1.165) is 21.5 Å². The molecular weight excluding hydrogens is 254 g/mol. The Hall–Kier alpha value is -1.13. The maximum atomic E-state index is 6.08. The Morgan fingerprint density at radius 3 is 2.94 bits per heavy atom. The quantitative estimate of drug-likeness (QED) is 0.916. The number of hydrogen-bond donors (Lipinski definition) is 1. The lowest BCUT2D eigenvalue weighted by Gasteiger charge is -2.03. The van der Waals surface area contributed by atoms with Gasteiger partial charge in [0.25, 0.3) is 0 Å². The summed E-state index contributed by atoms with van der Waals surface area (Å²) in [5.74, 6) is 1.61. The third-order valence-electron chi connectivity index (χ3n) is 2.77. The summed E-state index contributed by atoms with van der Waals surface area (Å²) in [4.78, 5) is 4.47. The molecule has 1 heterocycles. The summed E-state index contributed by atoms with van der Waals surface area (Å²) in [6, 6.07) is 7.83. The highest BCUT2D eigenvalue weighted by molar-refractivity contribution is 7.09. The van der Waals surface area contributed by atoms with E-state index in [1.54, 1.807) is 0 Å². The molecule has 3 rings (SSSR count). The van der Waals surface area contributed by atoms with Gasteiger partial charge in [-0.2, -0.15) is 4.37 Å². The molecular formula is C12H12ClN3S. The number of hydrogen-bond acceptors (Lipinski definition) is 4. The molecule has 0 amide bonds. The van der Waals surface area contributed by atoms with Crippen LogP contribution in [0.2, 0.25) is 5.02 Å². The molecule has 1 aromatic heterocycles. The third kappa shape index (κ3) is 2.58. The minimum atomic E-state index is 0.613. The van der Waals surface area contributed by atoms with E-state index < -0.39 is 0 Å². The van der Waals surface area contributed by atoms with Crippen molar-refractivity contribution in [2.45, 2.75) is 25.3 Å². The van der Waals surface area contributed by atoms with Crippen LogP contribution in [0, 0.1) is 0 Å². The maximum Gasteiger partial charge on any atom is 0.202 e. The monoisotopic (exact) mass is 265 g/mol. The molecule has 0 saturated heterocycles. The molecule has 0 spiro atoms. The van der Waals surface area contributed by atoms with Gasteiger partial charge in [0, 0.05) is 29.0 Å². The third-order valence-corrected chi connectivity index (χ3v) is 3.83. The van der Waals surface area contributed by atoms with Crippen LogP contribution in [0.5, 0.6) is 0 Å². The Balaban J connectivity index is 1.65. The van der Waals surface area contributed by atoms with E-state index in [4.69, 9.17) is 11.6 Å². The Morgan fingerprint density at radius 1 is 1.35 bits per heavy atom. The number of aromatic nitrogens is 2. The number of anilines is 1. The van der Waals surface area contributed by atoms with Crippen molar-refractivity contribution < 1.29 is 0 Å². The van der Waals surface area contributed by atoms with E-state index in [9.17, 15) is 0 Å². The molecule has 0 unspecified atom stereocenters. The van der Waals surface area contributed by atoms with Crippen molar-refractivity contribution in [3.8, 4) is 0 Å². The van der Waals surface area contributed by atoms with Crippen molar-refractivity contribution in [3.05, 3.63) is 40.7 Å². The normalized spacial score (nSPS) is 14.9. The fraction of sp³-hybridized carbons (Fsp3) is 0.333. The molecule has 1 aliphatic rings. The lowest BCUT2D eigenvalue weighted by molar-refractivity contribution is 0.980. The van der Waals surface area contributed by atoms with Crippen LogP contribution in [0.25, 0.3) is 0 Å². The zero-order valence-electron chi connectivity index (χ0n) is 9.19. The second-order valence-corrected chi connectivity index (χ2v) is 5.34. The lowest BCUT2D eigenvalue weighted by Crippen LogP contribution is -1.99. The van der Waals surface area contributed by atoms with Crippen molar-refractivity contribution in [2.24, 2.45) is 0 Å². The second-order valence-electron chi connectivity index (χ2n) is 4.18. The maximum absolute atomic E-state index is 6.08. The van der Waals surface area contributed by atoms with E-state index in [1.165, 1.54) is 24.4 Å². The highest BCUT2D eigenvalue weighted by atomic mass is 35.5. The number of benzene rings is 1. The zero-order chi connectivity index (χ0) is 11.7. The molecule has 0 radical (unpaired) electrons. The van der Waals surface area contributed by atoms with Crippen molar-refractivity contribution in [1.29, 1.82) is 0 Å². The summed E-state index contributed by atoms with van der Waals surface area (Å²) in [7, 11) is 0. The van der Waals surface area contributed by atoms with Gasteiger partial charge in [0.1, 0.15) is 5.82 Å². The molecule has 0 atom stereocenters. The Labute approximate surface area is 109 Å². The molecule has 1 saturated carbocycles. The van der Waals surface area contributed by atoms with Gasteiger partial charge in [-0.25, -0.2) is 4.98 Å². The van der Waals surface area contributed by atoms with Gasteiger partial charge in [0.05, 0.1) is 0 Å². The average molecular weight is 266 g/mol. The molecule has 1 N–H and O–H groups in total. The van der Waals surface area contributed by atoms with Gasteiger partial charge >= 0.3 is 0 Å². The predicted molar refractivity (Wildman–Crippen MR) is 70.7 cm³/mol. The van der Waals surface area contributed by atoms with Crippen LogP contribution >= 0.6 is 23.1 Å². The van der Waals surface area contributed by atoms with Gasteiger partial charge in [-0.05, 0) is 24.5 Å². The smallest absolute Gasteiger partial charge is 0.202 e. The number of nitrogens with zero attached hydrogens (tertiary/aromatic N) is 2. The molecule has 88 valence electrons. The molecule has 2 aromatic rings.